The molecule has 2 unspecified atom stereocenters. The molecule has 1 fully saturated rings. The molecule has 0 bridgehead atoms. The van der Waals surface area contributed by atoms with E-state index in [0.29, 0.717) is 25.0 Å². The Balaban J connectivity index is 1.77. The average Bonchev–Trinajstić information content (AvgIpc) is 2.79. The van der Waals surface area contributed by atoms with Crippen LogP contribution in [0.2, 0.25) is 0 Å². The molecule has 2 N–H and O–H groups in total. The molecule has 1 aliphatic rings. The number of hydrogen-bond acceptors (Lipinski definition) is 3. The minimum Gasteiger partial charge on any atom is -0.484 e. The van der Waals surface area contributed by atoms with E-state index in [1.807, 2.05) is 24.3 Å². The van der Waals surface area contributed by atoms with Crippen molar-refractivity contribution in [3.05, 3.63) is 29.8 Å². The molecule has 0 saturated heterocycles. The number of carboxylic acids is 1. The smallest absolute Gasteiger partial charge is 0.306 e. The highest BCUT2D eigenvalue weighted by molar-refractivity contribution is 5.77. The molecule has 0 heterocycles. The van der Waals surface area contributed by atoms with Crippen LogP contribution in [0.1, 0.15) is 44.6 Å². The number of carboxylic acid groups (broad SMARTS) is 1. The van der Waals surface area contributed by atoms with Crippen LogP contribution >= 0.6 is 0 Å². The summed E-state index contributed by atoms with van der Waals surface area (Å²) in [4.78, 5) is 23.1. The van der Waals surface area contributed by atoms with Crippen molar-refractivity contribution in [2.24, 2.45) is 5.92 Å². The zero-order valence-corrected chi connectivity index (χ0v) is 13.6. The zero-order valence-electron chi connectivity index (χ0n) is 13.6. The van der Waals surface area contributed by atoms with Crippen LogP contribution in [-0.2, 0) is 16.0 Å². The van der Waals surface area contributed by atoms with Gasteiger partial charge < -0.3 is 15.2 Å². The Morgan fingerprint density at radius 3 is 2.83 bits per heavy atom. The monoisotopic (exact) mass is 319 g/mol. The largest absolute Gasteiger partial charge is 0.484 e. The third-order valence-electron chi connectivity index (χ3n) is 4.36. The van der Waals surface area contributed by atoms with E-state index in [9.17, 15) is 9.59 Å². The number of rotatable bonds is 6. The summed E-state index contributed by atoms with van der Waals surface area (Å²) < 4.78 is 5.54. The second kappa shape index (κ2) is 8.56. The fourth-order valence-corrected chi connectivity index (χ4v) is 2.97. The van der Waals surface area contributed by atoms with Crippen molar-refractivity contribution < 1.29 is 19.4 Å². The predicted molar refractivity (Wildman–Crippen MR) is 87.5 cm³/mol. The van der Waals surface area contributed by atoms with Crippen molar-refractivity contribution in [1.29, 1.82) is 0 Å². The van der Waals surface area contributed by atoms with E-state index in [-0.39, 0.29) is 24.5 Å². The maximum atomic E-state index is 12.0. The Hall–Kier alpha value is -2.04. The van der Waals surface area contributed by atoms with E-state index in [2.05, 4.69) is 12.2 Å². The van der Waals surface area contributed by atoms with Gasteiger partial charge in [0.05, 0.1) is 5.92 Å². The third-order valence-corrected chi connectivity index (χ3v) is 4.36. The highest BCUT2D eigenvalue weighted by atomic mass is 16.5. The molecule has 1 amide bonds. The Morgan fingerprint density at radius 2 is 2.09 bits per heavy atom. The quantitative estimate of drug-likeness (QED) is 0.791. The number of nitrogens with one attached hydrogen (secondary N) is 1. The van der Waals surface area contributed by atoms with Crippen LogP contribution in [0.15, 0.2) is 24.3 Å². The molecule has 126 valence electrons. The first kappa shape index (κ1) is 17.3. The highest BCUT2D eigenvalue weighted by Gasteiger charge is 2.24. The summed E-state index contributed by atoms with van der Waals surface area (Å²) in [6.45, 7) is 2.06. The maximum absolute atomic E-state index is 12.0. The van der Waals surface area contributed by atoms with Crippen LogP contribution in [0.5, 0.6) is 5.75 Å². The van der Waals surface area contributed by atoms with Crippen LogP contribution in [0.25, 0.3) is 0 Å². The van der Waals surface area contributed by atoms with E-state index < -0.39 is 5.97 Å². The zero-order chi connectivity index (χ0) is 16.7. The van der Waals surface area contributed by atoms with Gasteiger partial charge in [-0.3, -0.25) is 9.59 Å². The summed E-state index contributed by atoms with van der Waals surface area (Å²) in [6, 6.07) is 7.78. The first-order valence-electron chi connectivity index (χ1n) is 8.32. The van der Waals surface area contributed by atoms with Gasteiger partial charge in [-0.1, -0.05) is 25.5 Å². The Kier molecular flexibility index (Phi) is 6.44. The Bertz CT molecular complexity index is 544. The van der Waals surface area contributed by atoms with Crippen LogP contribution in [0.4, 0.5) is 0 Å². The highest BCUT2D eigenvalue weighted by Crippen LogP contribution is 2.23. The van der Waals surface area contributed by atoms with Crippen molar-refractivity contribution in [2.75, 3.05) is 6.61 Å². The van der Waals surface area contributed by atoms with Gasteiger partial charge in [-0.2, -0.15) is 0 Å². The van der Waals surface area contributed by atoms with E-state index >= 15 is 0 Å². The number of carbonyl (C=O) groups is 2. The lowest BCUT2D eigenvalue weighted by Crippen LogP contribution is -2.37. The van der Waals surface area contributed by atoms with Crippen molar-refractivity contribution in [2.45, 2.75) is 51.5 Å². The van der Waals surface area contributed by atoms with Gasteiger partial charge in [0.25, 0.3) is 5.91 Å². The molecule has 0 aliphatic heterocycles. The van der Waals surface area contributed by atoms with Crippen molar-refractivity contribution in [3.8, 4) is 5.75 Å². The lowest BCUT2D eigenvalue weighted by Gasteiger charge is -2.16. The fourth-order valence-electron chi connectivity index (χ4n) is 2.97. The molecule has 1 aromatic rings. The van der Waals surface area contributed by atoms with Crippen molar-refractivity contribution in [1.82, 2.24) is 5.32 Å². The molecule has 1 aromatic carbocycles. The number of aryl methyl sites for hydroxylation is 1. The molecule has 0 spiro atoms. The van der Waals surface area contributed by atoms with E-state index in [0.717, 1.165) is 19.3 Å². The number of hydrogen-bond donors (Lipinski definition) is 2. The van der Waals surface area contributed by atoms with E-state index in [4.69, 9.17) is 9.84 Å². The lowest BCUT2D eigenvalue weighted by molar-refractivity contribution is -0.142. The molecule has 2 atom stereocenters. The van der Waals surface area contributed by atoms with Crippen LogP contribution in [0, 0.1) is 5.92 Å². The summed E-state index contributed by atoms with van der Waals surface area (Å²) in [5, 5.41) is 12.0. The topological polar surface area (TPSA) is 75.6 Å². The first-order valence-corrected chi connectivity index (χ1v) is 8.32. The summed E-state index contributed by atoms with van der Waals surface area (Å²) in [6.07, 6.45) is 4.63. The molecule has 2 rings (SSSR count). The molecule has 0 radical (unpaired) electrons. The minimum atomic E-state index is -0.726. The normalized spacial score (nSPS) is 21.3. The third kappa shape index (κ3) is 5.58. The van der Waals surface area contributed by atoms with Gasteiger partial charge in [-0.15, -0.1) is 0 Å². The van der Waals surface area contributed by atoms with Gasteiger partial charge in [0.15, 0.2) is 6.61 Å². The molecule has 0 aromatic heterocycles. The number of ether oxygens (including phenoxy) is 1. The number of benzene rings is 1. The number of carbonyl (C=O) groups excluding carboxylic acids is 1. The molecule has 23 heavy (non-hydrogen) atoms. The van der Waals surface area contributed by atoms with Crippen molar-refractivity contribution >= 4 is 11.9 Å². The second-order valence-corrected chi connectivity index (χ2v) is 6.10. The SMILES string of the molecule is CCc1cccc(OCC(=O)NC2CCCC(C(=O)O)CC2)c1. The van der Waals surface area contributed by atoms with Crippen molar-refractivity contribution in [3.63, 3.8) is 0 Å². The minimum absolute atomic E-state index is 0.00791. The van der Waals surface area contributed by atoms with Crippen LogP contribution in [-0.4, -0.2) is 29.6 Å². The summed E-state index contributed by atoms with van der Waals surface area (Å²) in [5.74, 6) is -0.446. The number of aliphatic carboxylic acids is 1. The van der Waals surface area contributed by atoms with Crippen LogP contribution in [0.3, 0.4) is 0 Å². The standard InChI is InChI=1S/C18H25NO4/c1-2-13-5-3-8-16(11-13)23-12-17(20)19-15-7-4-6-14(9-10-15)18(21)22/h3,5,8,11,14-15H,2,4,6-7,9-10,12H2,1H3,(H,19,20)(H,21,22). The van der Waals surface area contributed by atoms with Gasteiger partial charge in [-0.25, -0.2) is 0 Å². The molecular formula is C18H25NO4. The Morgan fingerprint density at radius 1 is 1.26 bits per heavy atom. The first-order chi connectivity index (χ1) is 11.1. The molecule has 5 nitrogen and oxygen atoms in total. The van der Waals surface area contributed by atoms with Gasteiger partial charge in [-0.05, 0) is 49.8 Å². The average molecular weight is 319 g/mol. The van der Waals surface area contributed by atoms with Gasteiger partial charge in [0, 0.05) is 6.04 Å². The summed E-state index contributed by atoms with van der Waals surface area (Å²) >= 11 is 0. The molecule has 5 heteroatoms. The van der Waals surface area contributed by atoms with Gasteiger partial charge in [0.2, 0.25) is 0 Å². The molecule has 1 saturated carbocycles. The number of amides is 1. The molecule has 1 aliphatic carbocycles. The summed E-state index contributed by atoms with van der Waals surface area (Å²) in [7, 11) is 0. The lowest BCUT2D eigenvalue weighted by atomic mass is 10.0. The second-order valence-electron chi connectivity index (χ2n) is 6.10. The van der Waals surface area contributed by atoms with E-state index in [1.54, 1.807) is 0 Å². The van der Waals surface area contributed by atoms with Crippen LogP contribution < -0.4 is 10.1 Å². The maximum Gasteiger partial charge on any atom is 0.306 e. The Labute approximate surface area is 137 Å². The van der Waals surface area contributed by atoms with Gasteiger partial charge in [0.1, 0.15) is 5.75 Å². The fraction of sp³-hybridized carbons (Fsp3) is 0.556. The molecular weight excluding hydrogens is 294 g/mol. The van der Waals surface area contributed by atoms with Gasteiger partial charge >= 0.3 is 5.97 Å². The predicted octanol–water partition coefficient (Wildman–Crippen LogP) is 2.78. The summed E-state index contributed by atoms with van der Waals surface area (Å²) in [5.41, 5.74) is 1.17. The van der Waals surface area contributed by atoms with E-state index in [1.165, 1.54) is 5.56 Å².